The zero-order valence-corrected chi connectivity index (χ0v) is 14.6. The monoisotopic (exact) mass is 342 g/mol. The number of aromatic nitrogens is 1. The normalized spacial score (nSPS) is 10.6. The number of nitrogens with one attached hydrogen (secondary N) is 1. The molecule has 0 radical (unpaired) electrons. The van der Waals surface area contributed by atoms with Crippen molar-refractivity contribution in [1.82, 2.24) is 4.98 Å². The second-order valence-corrected chi connectivity index (χ2v) is 6.22. The maximum atomic E-state index is 12.5. The molecule has 1 heterocycles. The van der Waals surface area contributed by atoms with Crippen LogP contribution in [-0.4, -0.2) is 24.6 Å². The molecule has 1 amide bonds. The molecule has 0 aliphatic rings. The summed E-state index contributed by atoms with van der Waals surface area (Å²) in [4.78, 5) is 17.0. The van der Waals surface area contributed by atoms with E-state index in [4.69, 9.17) is 9.47 Å². The fourth-order valence-corrected chi connectivity index (χ4v) is 3.33. The highest BCUT2D eigenvalue weighted by molar-refractivity contribution is 7.22. The van der Waals surface area contributed by atoms with Crippen LogP contribution in [0.25, 0.3) is 10.2 Å². The van der Waals surface area contributed by atoms with Gasteiger partial charge in [0.05, 0.1) is 23.9 Å². The van der Waals surface area contributed by atoms with Gasteiger partial charge < -0.3 is 9.47 Å². The van der Waals surface area contributed by atoms with Gasteiger partial charge in [-0.25, -0.2) is 4.98 Å². The number of carbonyl (C=O) groups excluding carboxylic acids is 1. The highest BCUT2D eigenvalue weighted by Gasteiger charge is 2.14. The van der Waals surface area contributed by atoms with Crippen molar-refractivity contribution in [3.05, 3.63) is 47.5 Å². The minimum Gasteiger partial charge on any atom is -0.493 e. The molecule has 0 aliphatic carbocycles. The van der Waals surface area contributed by atoms with Crippen molar-refractivity contribution in [2.45, 2.75) is 13.8 Å². The molecule has 1 N–H and O–H groups in total. The molecular weight excluding hydrogens is 324 g/mol. The summed E-state index contributed by atoms with van der Waals surface area (Å²) in [6, 6.07) is 11.1. The van der Waals surface area contributed by atoms with Crippen LogP contribution < -0.4 is 14.8 Å². The topological polar surface area (TPSA) is 60.5 Å². The number of para-hydroxylation sites is 1. The lowest BCUT2D eigenvalue weighted by atomic mass is 10.2. The Kier molecular flexibility index (Phi) is 4.66. The van der Waals surface area contributed by atoms with Gasteiger partial charge in [-0.2, -0.15) is 0 Å². The van der Waals surface area contributed by atoms with Crippen molar-refractivity contribution >= 4 is 32.6 Å². The third kappa shape index (κ3) is 3.19. The molecule has 6 heteroatoms. The van der Waals surface area contributed by atoms with Gasteiger partial charge in [0.1, 0.15) is 0 Å². The Morgan fingerprint density at radius 1 is 1.25 bits per heavy atom. The van der Waals surface area contributed by atoms with E-state index in [1.807, 2.05) is 32.0 Å². The van der Waals surface area contributed by atoms with Gasteiger partial charge in [0, 0.05) is 5.56 Å². The summed E-state index contributed by atoms with van der Waals surface area (Å²) in [6.07, 6.45) is 0. The van der Waals surface area contributed by atoms with Crippen LogP contribution in [0.15, 0.2) is 36.4 Å². The van der Waals surface area contributed by atoms with Gasteiger partial charge >= 0.3 is 0 Å². The molecule has 3 aromatic rings. The zero-order valence-electron chi connectivity index (χ0n) is 13.8. The van der Waals surface area contributed by atoms with Gasteiger partial charge in [-0.05, 0) is 43.7 Å². The predicted molar refractivity (Wildman–Crippen MR) is 96.5 cm³/mol. The Balaban J connectivity index is 1.85. The van der Waals surface area contributed by atoms with Crippen molar-refractivity contribution in [3.63, 3.8) is 0 Å². The molecule has 124 valence electrons. The van der Waals surface area contributed by atoms with Crippen LogP contribution in [0.1, 0.15) is 22.8 Å². The summed E-state index contributed by atoms with van der Waals surface area (Å²) in [5.41, 5.74) is 2.50. The van der Waals surface area contributed by atoms with Crippen molar-refractivity contribution in [3.8, 4) is 11.5 Å². The average molecular weight is 342 g/mol. The van der Waals surface area contributed by atoms with Crippen molar-refractivity contribution in [2.75, 3.05) is 19.0 Å². The summed E-state index contributed by atoms with van der Waals surface area (Å²) in [5, 5.41) is 3.44. The van der Waals surface area contributed by atoms with Gasteiger partial charge in [0.25, 0.3) is 5.91 Å². The van der Waals surface area contributed by atoms with E-state index in [1.54, 1.807) is 25.3 Å². The summed E-state index contributed by atoms with van der Waals surface area (Å²) < 4.78 is 11.8. The first kappa shape index (κ1) is 16.3. The Hall–Kier alpha value is -2.60. The molecule has 5 nitrogen and oxygen atoms in total. The number of methoxy groups -OCH3 is 1. The van der Waals surface area contributed by atoms with Gasteiger partial charge in [0.2, 0.25) is 0 Å². The number of carbonyl (C=O) groups is 1. The molecule has 2 aromatic carbocycles. The number of benzene rings is 2. The van der Waals surface area contributed by atoms with Crippen LogP contribution in [0.4, 0.5) is 5.13 Å². The van der Waals surface area contributed by atoms with E-state index in [1.165, 1.54) is 11.3 Å². The van der Waals surface area contributed by atoms with E-state index in [2.05, 4.69) is 10.3 Å². The minimum atomic E-state index is -0.227. The standard InChI is InChI=1S/C18H18N2O3S/c1-4-23-14-10-12(8-9-13(14)22-3)17(21)20-18-19-16-11(2)6-5-7-15(16)24-18/h5-10H,4H2,1-3H3,(H,19,20,21). The minimum absolute atomic E-state index is 0.227. The number of ether oxygens (including phenoxy) is 2. The summed E-state index contributed by atoms with van der Waals surface area (Å²) in [6.45, 7) is 4.39. The van der Waals surface area contributed by atoms with Crippen LogP contribution in [0.5, 0.6) is 11.5 Å². The van der Waals surface area contributed by atoms with Gasteiger partial charge in [-0.15, -0.1) is 0 Å². The first-order valence-corrected chi connectivity index (χ1v) is 8.42. The van der Waals surface area contributed by atoms with E-state index in [9.17, 15) is 4.79 Å². The number of fused-ring (bicyclic) bond motifs is 1. The molecule has 0 aliphatic heterocycles. The molecule has 0 saturated carbocycles. The van der Waals surface area contributed by atoms with Crippen molar-refractivity contribution in [2.24, 2.45) is 0 Å². The molecule has 3 rings (SSSR count). The summed E-state index contributed by atoms with van der Waals surface area (Å²) in [7, 11) is 1.57. The van der Waals surface area contributed by atoms with Crippen LogP contribution in [0.3, 0.4) is 0 Å². The Labute approximate surface area is 144 Å². The number of thiazole rings is 1. The van der Waals surface area contributed by atoms with E-state index in [0.29, 0.717) is 28.8 Å². The number of hydrogen-bond acceptors (Lipinski definition) is 5. The summed E-state index contributed by atoms with van der Waals surface area (Å²) >= 11 is 1.46. The fraction of sp³-hybridized carbons (Fsp3) is 0.222. The lowest BCUT2D eigenvalue weighted by molar-refractivity contribution is 0.102. The SMILES string of the molecule is CCOc1cc(C(=O)Nc2nc3c(C)cccc3s2)ccc1OC. The van der Waals surface area contributed by atoms with E-state index >= 15 is 0 Å². The molecule has 0 atom stereocenters. The largest absolute Gasteiger partial charge is 0.493 e. The second kappa shape index (κ2) is 6.88. The number of hydrogen-bond donors (Lipinski definition) is 1. The van der Waals surface area contributed by atoms with Crippen LogP contribution >= 0.6 is 11.3 Å². The fourth-order valence-electron chi connectivity index (χ4n) is 2.40. The maximum absolute atomic E-state index is 12.5. The number of aryl methyl sites for hydroxylation is 1. The highest BCUT2D eigenvalue weighted by atomic mass is 32.1. The first-order valence-electron chi connectivity index (χ1n) is 7.60. The molecule has 24 heavy (non-hydrogen) atoms. The Morgan fingerprint density at radius 2 is 2.08 bits per heavy atom. The molecule has 0 unspecified atom stereocenters. The molecule has 1 aromatic heterocycles. The molecule has 0 saturated heterocycles. The third-order valence-electron chi connectivity index (χ3n) is 3.57. The van der Waals surface area contributed by atoms with E-state index in [-0.39, 0.29) is 5.91 Å². The van der Waals surface area contributed by atoms with Gasteiger partial charge in [-0.3, -0.25) is 10.1 Å². The zero-order chi connectivity index (χ0) is 17.1. The van der Waals surface area contributed by atoms with Crippen LogP contribution in [0, 0.1) is 6.92 Å². The number of nitrogens with zero attached hydrogens (tertiary/aromatic N) is 1. The van der Waals surface area contributed by atoms with E-state index < -0.39 is 0 Å². The van der Waals surface area contributed by atoms with Gasteiger partial charge in [-0.1, -0.05) is 23.5 Å². The molecule has 0 spiro atoms. The molecule has 0 fully saturated rings. The Bertz CT molecular complexity index is 889. The average Bonchev–Trinajstić information content (AvgIpc) is 2.99. The van der Waals surface area contributed by atoms with Crippen LogP contribution in [-0.2, 0) is 0 Å². The second-order valence-electron chi connectivity index (χ2n) is 5.19. The number of amides is 1. The summed E-state index contributed by atoms with van der Waals surface area (Å²) in [5.74, 6) is 0.923. The Morgan fingerprint density at radius 3 is 2.79 bits per heavy atom. The number of rotatable bonds is 5. The lowest BCUT2D eigenvalue weighted by Crippen LogP contribution is -2.12. The lowest BCUT2D eigenvalue weighted by Gasteiger charge is -2.10. The smallest absolute Gasteiger partial charge is 0.257 e. The van der Waals surface area contributed by atoms with Crippen molar-refractivity contribution in [1.29, 1.82) is 0 Å². The first-order chi connectivity index (χ1) is 11.6. The van der Waals surface area contributed by atoms with Crippen LogP contribution in [0.2, 0.25) is 0 Å². The number of anilines is 1. The molecular formula is C18H18N2O3S. The van der Waals surface area contributed by atoms with E-state index in [0.717, 1.165) is 15.8 Å². The molecule has 0 bridgehead atoms. The maximum Gasteiger partial charge on any atom is 0.257 e. The predicted octanol–water partition coefficient (Wildman–Crippen LogP) is 4.26. The quantitative estimate of drug-likeness (QED) is 0.752. The van der Waals surface area contributed by atoms with Crippen molar-refractivity contribution < 1.29 is 14.3 Å². The highest BCUT2D eigenvalue weighted by Crippen LogP contribution is 2.30. The van der Waals surface area contributed by atoms with Gasteiger partial charge in [0.15, 0.2) is 16.6 Å². The third-order valence-corrected chi connectivity index (χ3v) is 4.50.